The van der Waals surface area contributed by atoms with Gasteiger partial charge in [0.15, 0.2) is 5.76 Å². The van der Waals surface area contributed by atoms with Crippen molar-refractivity contribution in [2.45, 2.75) is 20.4 Å². The van der Waals surface area contributed by atoms with Gasteiger partial charge in [-0.25, -0.2) is 4.79 Å². The molecule has 0 bridgehead atoms. The van der Waals surface area contributed by atoms with E-state index in [2.05, 4.69) is 22.5 Å². The van der Waals surface area contributed by atoms with E-state index in [9.17, 15) is 9.59 Å². The molecule has 0 amide bonds. The highest BCUT2D eigenvalue weighted by molar-refractivity contribution is 6.15. The highest BCUT2D eigenvalue weighted by Gasteiger charge is 2.31. The number of carbonyl (C=O) groups excluding carboxylic acids is 2. The van der Waals surface area contributed by atoms with Crippen molar-refractivity contribution in [1.29, 1.82) is 0 Å². The fourth-order valence-corrected chi connectivity index (χ4v) is 3.92. The molecule has 0 unspecified atom stereocenters. The number of hydrogen-bond donors (Lipinski definition) is 0. The van der Waals surface area contributed by atoms with Crippen LogP contribution in [0.4, 0.5) is 0 Å². The lowest BCUT2D eigenvalue weighted by atomic mass is 10.1. The molecule has 0 aliphatic carbocycles. The van der Waals surface area contributed by atoms with Gasteiger partial charge in [-0.15, -0.1) is 0 Å². The molecule has 0 radical (unpaired) electrons. The third-order valence-electron chi connectivity index (χ3n) is 5.60. The van der Waals surface area contributed by atoms with Gasteiger partial charge in [-0.05, 0) is 50.3 Å². The molecule has 2 aromatic heterocycles. The first-order chi connectivity index (χ1) is 15.6. The first-order valence-corrected chi connectivity index (χ1v) is 10.3. The number of allylic oxidation sites excluding steroid dienone is 1. The second-order valence-corrected chi connectivity index (χ2v) is 7.52. The molecular weight excluding hydrogens is 404 g/mol. The van der Waals surface area contributed by atoms with E-state index in [0.717, 1.165) is 23.0 Å². The smallest absolute Gasteiger partial charge is 0.343 e. The summed E-state index contributed by atoms with van der Waals surface area (Å²) in [7, 11) is 0. The predicted octanol–water partition coefficient (Wildman–Crippen LogP) is 5.20. The molecule has 0 saturated carbocycles. The zero-order valence-electron chi connectivity index (χ0n) is 17.7. The van der Waals surface area contributed by atoms with E-state index in [4.69, 9.17) is 9.47 Å². The molecule has 4 aromatic rings. The van der Waals surface area contributed by atoms with Crippen LogP contribution in [0.15, 0.2) is 72.9 Å². The van der Waals surface area contributed by atoms with E-state index < -0.39 is 5.97 Å². The molecule has 0 atom stereocenters. The molecule has 6 nitrogen and oxygen atoms in total. The Morgan fingerprint density at radius 1 is 1.12 bits per heavy atom. The Morgan fingerprint density at radius 3 is 2.69 bits per heavy atom. The average molecular weight is 424 g/mol. The van der Waals surface area contributed by atoms with Crippen molar-refractivity contribution in [3.63, 3.8) is 0 Å². The number of ketones is 1. The molecule has 3 heterocycles. The molecular formula is C26H20N2O4. The standard InChI is InChI=1S/C26H20N2O4/c1-3-28-15-18(19-6-4-5-7-21(19)28)14-23-24(29)20-8-9-22(16(2)25(20)31-23)32-26(30)17-10-12-27-13-11-17/h4-15H,3H2,1-2H3/b23-14-. The Balaban J connectivity index is 1.48. The van der Waals surface area contributed by atoms with Crippen LogP contribution in [0, 0.1) is 6.92 Å². The van der Waals surface area contributed by atoms with Crippen molar-refractivity contribution in [1.82, 2.24) is 9.55 Å². The largest absolute Gasteiger partial charge is 0.452 e. The molecule has 6 heteroatoms. The van der Waals surface area contributed by atoms with Gasteiger partial charge in [0.25, 0.3) is 0 Å². The summed E-state index contributed by atoms with van der Waals surface area (Å²) in [6, 6.07) is 14.5. The normalized spacial score (nSPS) is 13.9. The molecule has 5 rings (SSSR count). The van der Waals surface area contributed by atoms with Crippen LogP contribution < -0.4 is 9.47 Å². The van der Waals surface area contributed by atoms with Crippen molar-refractivity contribution in [3.8, 4) is 11.5 Å². The van der Waals surface area contributed by atoms with E-state index in [-0.39, 0.29) is 11.5 Å². The van der Waals surface area contributed by atoms with E-state index in [0.29, 0.717) is 28.2 Å². The van der Waals surface area contributed by atoms with Crippen LogP contribution in [0.5, 0.6) is 11.5 Å². The summed E-state index contributed by atoms with van der Waals surface area (Å²) in [4.78, 5) is 29.3. The minimum Gasteiger partial charge on any atom is -0.452 e. The van der Waals surface area contributed by atoms with Crippen molar-refractivity contribution in [2.75, 3.05) is 0 Å². The lowest BCUT2D eigenvalue weighted by Crippen LogP contribution is -2.09. The maximum absolute atomic E-state index is 13.0. The van der Waals surface area contributed by atoms with Crippen LogP contribution in [-0.2, 0) is 6.54 Å². The number of aromatic nitrogens is 2. The lowest BCUT2D eigenvalue weighted by molar-refractivity contribution is 0.0733. The maximum Gasteiger partial charge on any atom is 0.343 e. The zero-order chi connectivity index (χ0) is 22.2. The topological polar surface area (TPSA) is 70.4 Å². The highest BCUT2D eigenvalue weighted by Crippen LogP contribution is 2.40. The summed E-state index contributed by atoms with van der Waals surface area (Å²) in [6.07, 6.45) is 6.85. The quantitative estimate of drug-likeness (QED) is 0.256. The van der Waals surface area contributed by atoms with Crippen LogP contribution in [0.1, 0.15) is 38.8 Å². The lowest BCUT2D eigenvalue weighted by Gasteiger charge is -2.10. The number of pyridine rings is 1. The number of nitrogens with zero attached hydrogens (tertiary/aromatic N) is 2. The van der Waals surface area contributed by atoms with Gasteiger partial charge in [-0.3, -0.25) is 9.78 Å². The minimum absolute atomic E-state index is 0.191. The van der Waals surface area contributed by atoms with E-state index in [1.807, 2.05) is 24.4 Å². The van der Waals surface area contributed by atoms with Gasteiger partial charge in [-0.1, -0.05) is 18.2 Å². The molecule has 1 aliphatic heterocycles. The maximum atomic E-state index is 13.0. The van der Waals surface area contributed by atoms with E-state index >= 15 is 0 Å². The molecule has 1 aliphatic rings. The van der Waals surface area contributed by atoms with Crippen molar-refractivity contribution >= 4 is 28.7 Å². The van der Waals surface area contributed by atoms with Crippen molar-refractivity contribution in [3.05, 3.63) is 95.1 Å². The fourth-order valence-electron chi connectivity index (χ4n) is 3.92. The Hall–Kier alpha value is -4.19. The Bertz CT molecular complexity index is 1400. The van der Waals surface area contributed by atoms with Crippen molar-refractivity contribution in [2.24, 2.45) is 0 Å². The number of fused-ring (bicyclic) bond motifs is 2. The van der Waals surface area contributed by atoms with Crippen LogP contribution in [0.3, 0.4) is 0 Å². The number of Topliss-reactive ketones (excluding diaryl/α,β-unsaturated/α-hetero) is 1. The summed E-state index contributed by atoms with van der Waals surface area (Å²) in [5, 5.41) is 1.05. The third-order valence-corrected chi connectivity index (χ3v) is 5.60. The molecule has 0 spiro atoms. The molecule has 0 N–H and O–H groups in total. The predicted molar refractivity (Wildman–Crippen MR) is 121 cm³/mol. The number of hydrogen-bond acceptors (Lipinski definition) is 5. The van der Waals surface area contributed by atoms with Gasteiger partial charge in [0, 0.05) is 47.2 Å². The number of benzene rings is 2. The van der Waals surface area contributed by atoms with Gasteiger partial charge in [0.1, 0.15) is 11.5 Å². The first-order valence-electron chi connectivity index (χ1n) is 10.3. The monoisotopic (exact) mass is 424 g/mol. The van der Waals surface area contributed by atoms with Gasteiger partial charge >= 0.3 is 5.97 Å². The molecule has 32 heavy (non-hydrogen) atoms. The number of carbonyl (C=O) groups is 2. The Labute approximate surface area is 184 Å². The summed E-state index contributed by atoms with van der Waals surface area (Å²) in [5.41, 5.74) is 3.46. The minimum atomic E-state index is -0.497. The number of para-hydroxylation sites is 1. The van der Waals surface area contributed by atoms with Crippen LogP contribution in [0.25, 0.3) is 17.0 Å². The van der Waals surface area contributed by atoms with Gasteiger partial charge in [0.2, 0.25) is 5.78 Å². The van der Waals surface area contributed by atoms with Crippen LogP contribution in [0.2, 0.25) is 0 Å². The van der Waals surface area contributed by atoms with Gasteiger partial charge in [0.05, 0.1) is 11.1 Å². The second kappa shape index (κ2) is 7.81. The van der Waals surface area contributed by atoms with Gasteiger partial charge in [-0.2, -0.15) is 0 Å². The summed E-state index contributed by atoms with van der Waals surface area (Å²) < 4.78 is 13.6. The third kappa shape index (κ3) is 3.26. The summed E-state index contributed by atoms with van der Waals surface area (Å²) in [6.45, 7) is 4.67. The first kappa shape index (κ1) is 19.8. The fraction of sp³-hybridized carbons (Fsp3) is 0.115. The molecule has 0 saturated heterocycles. The SMILES string of the molecule is CCn1cc(/C=C2\Oc3c(ccc(OC(=O)c4ccncc4)c3C)C2=O)c2ccccc21. The zero-order valence-corrected chi connectivity index (χ0v) is 17.7. The molecule has 0 fully saturated rings. The second-order valence-electron chi connectivity index (χ2n) is 7.52. The summed E-state index contributed by atoms with van der Waals surface area (Å²) >= 11 is 0. The summed E-state index contributed by atoms with van der Waals surface area (Å²) in [5.74, 6) is 0.328. The Morgan fingerprint density at radius 2 is 1.91 bits per heavy atom. The van der Waals surface area contributed by atoms with E-state index in [1.54, 1.807) is 37.3 Å². The number of esters is 1. The number of rotatable bonds is 4. The molecule has 2 aromatic carbocycles. The van der Waals surface area contributed by atoms with Crippen LogP contribution in [-0.4, -0.2) is 21.3 Å². The highest BCUT2D eigenvalue weighted by atomic mass is 16.5. The Kier molecular flexibility index (Phi) is 4.82. The van der Waals surface area contributed by atoms with E-state index in [1.165, 1.54) is 12.4 Å². The number of aryl methyl sites for hydroxylation is 1. The van der Waals surface area contributed by atoms with Crippen LogP contribution >= 0.6 is 0 Å². The number of ether oxygens (including phenoxy) is 2. The van der Waals surface area contributed by atoms with Gasteiger partial charge < -0.3 is 14.0 Å². The average Bonchev–Trinajstić information content (AvgIpc) is 3.34. The van der Waals surface area contributed by atoms with Crippen molar-refractivity contribution < 1.29 is 19.1 Å². The molecule has 158 valence electrons.